The van der Waals surface area contributed by atoms with Gasteiger partial charge in [-0.2, -0.15) is 0 Å². The highest BCUT2D eigenvalue weighted by Gasteiger charge is 2.05. The zero-order valence-electron chi connectivity index (χ0n) is 6.21. The van der Waals surface area contributed by atoms with E-state index in [1.54, 1.807) is 0 Å². The monoisotopic (exact) mass is 148 g/mol. The lowest BCUT2D eigenvalue weighted by Gasteiger charge is -2.00. The number of para-hydroxylation sites is 1. The van der Waals surface area contributed by atoms with Crippen LogP contribution in [-0.4, -0.2) is 19.4 Å². The molecular formula is C9H10NO+. The predicted octanol–water partition coefficient (Wildman–Crippen LogP) is -0.422. The van der Waals surface area contributed by atoms with Crippen LogP contribution in [0.25, 0.3) is 0 Å². The molecule has 11 heavy (non-hydrogen) atoms. The molecule has 1 aromatic carbocycles. The van der Waals surface area contributed by atoms with Crippen LogP contribution >= 0.6 is 0 Å². The Hall–Kier alpha value is -1.31. The molecule has 0 bridgehead atoms. The maximum Gasteiger partial charge on any atom is 0.174 e. The van der Waals surface area contributed by atoms with Gasteiger partial charge in [-0.15, -0.1) is 0 Å². The maximum atomic E-state index is 5.45. The summed E-state index contributed by atoms with van der Waals surface area (Å²) in [6.07, 6.45) is 1.99. The fourth-order valence-electron chi connectivity index (χ4n) is 1.13. The predicted molar refractivity (Wildman–Crippen MR) is 42.9 cm³/mol. The van der Waals surface area contributed by atoms with Crippen molar-refractivity contribution in [3.8, 4) is 5.75 Å². The zero-order chi connectivity index (χ0) is 7.52. The molecule has 0 saturated heterocycles. The summed E-state index contributed by atoms with van der Waals surface area (Å²) in [5, 5.41) is 0. The van der Waals surface area contributed by atoms with Gasteiger partial charge in [-0.1, -0.05) is 12.1 Å². The van der Waals surface area contributed by atoms with E-state index in [1.165, 1.54) is 0 Å². The molecule has 0 amide bonds. The summed E-state index contributed by atoms with van der Waals surface area (Å²) in [5.41, 5.74) is 1.13. The molecule has 1 N–H and O–H groups in total. The fraction of sp³-hybridized carbons (Fsp3) is 0.222. The highest BCUT2D eigenvalue weighted by atomic mass is 16.5. The largest absolute Gasteiger partial charge is 0.486 e. The fourth-order valence-corrected chi connectivity index (χ4v) is 1.13. The smallest absolute Gasteiger partial charge is 0.174 e. The molecule has 2 rings (SSSR count). The van der Waals surface area contributed by atoms with E-state index in [4.69, 9.17) is 4.74 Å². The molecule has 0 fully saturated rings. The Morgan fingerprint density at radius 1 is 1.27 bits per heavy atom. The summed E-state index contributed by atoms with van der Waals surface area (Å²) < 4.78 is 5.45. The van der Waals surface area contributed by atoms with E-state index in [0.29, 0.717) is 0 Å². The average molecular weight is 148 g/mol. The molecule has 1 aromatic rings. The van der Waals surface area contributed by atoms with E-state index in [-0.39, 0.29) is 0 Å². The van der Waals surface area contributed by atoms with Crippen LogP contribution in [0.1, 0.15) is 5.56 Å². The quantitative estimate of drug-likeness (QED) is 0.530. The maximum absolute atomic E-state index is 5.45. The van der Waals surface area contributed by atoms with Crippen LogP contribution in [0.5, 0.6) is 5.75 Å². The van der Waals surface area contributed by atoms with Crippen LogP contribution in [0, 0.1) is 0 Å². The minimum atomic E-state index is 0.744. The molecule has 0 aliphatic carbocycles. The SMILES string of the molecule is C1=[NH+]CCOc2ccccc21. The molecule has 0 spiro atoms. The number of benzene rings is 1. The van der Waals surface area contributed by atoms with Gasteiger partial charge in [0.05, 0.1) is 5.56 Å². The van der Waals surface area contributed by atoms with Gasteiger partial charge in [0.15, 0.2) is 12.8 Å². The molecule has 0 unspecified atom stereocenters. The molecule has 0 saturated carbocycles. The second kappa shape index (κ2) is 2.74. The van der Waals surface area contributed by atoms with E-state index in [9.17, 15) is 0 Å². The molecule has 0 atom stereocenters. The molecule has 2 heteroatoms. The molecule has 1 aliphatic rings. The van der Waals surface area contributed by atoms with Crippen LogP contribution in [0.2, 0.25) is 0 Å². The zero-order valence-corrected chi connectivity index (χ0v) is 6.21. The Balaban J connectivity index is 2.45. The second-order valence-electron chi connectivity index (χ2n) is 2.48. The topological polar surface area (TPSA) is 23.2 Å². The highest BCUT2D eigenvalue weighted by molar-refractivity contribution is 5.79. The Labute approximate surface area is 65.5 Å². The standard InChI is InChI=1S/C9H9NO/c1-2-4-9-8(3-1)7-10-5-6-11-9/h1-4,7H,5-6H2/p+1. The van der Waals surface area contributed by atoms with Gasteiger partial charge in [-0.05, 0) is 12.1 Å². The Morgan fingerprint density at radius 3 is 3.18 bits per heavy atom. The summed E-state index contributed by atoms with van der Waals surface area (Å²) in [5.74, 6) is 0.970. The van der Waals surface area contributed by atoms with Crippen LogP contribution in [0.15, 0.2) is 24.3 Å². The molecule has 0 aromatic heterocycles. The first-order chi connectivity index (χ1) is 5.47. The van der Waals surface area contributed by atoms with E-state index < -0.39 is 0 Å². The van der Waals surface area contributed by atoms with Gasteiger partial charge in [-0.3, -0.25) is 0 Å². The summed E-state index contributed by atoms with van der Waals surface area (Å²) in [4.78, 5) is 3.15. The number of hydrogen-bond acceptors (Lipinski definition) is 1. The van der Waals surface area contributed by atoms with Crippen LogP contribution in [0.4, 0.5) is 0 Å². The van der Waals surface area contributed by atoms with Gasteiger partial charge in [0.25, 0.3) is 0 Å². The van der Waals surface area contributed by atoms with Crippen molar-refractivity contribution in [2.75, 3.05) is 13.2 Å². The third kappa shape index (κ3) is 1.24. The number of hydrogen-bond donors (Lipinski definition) is 1. The Bertz CT molecular complexity index is 281. The number of ether oxygens (including phenoxy) is 1. The van der Waals surface area contributed by atoms with Gasteiger partial charge >= 0.3 is 0 Å². The third-order valence-electron chi connectivity index (χ3n) is 1.68. The number of nitrogens with one attached hydrogen (secondary N) is 1. The third-order valence-corrected chi connectivity index (χ3v) is 1.68. The van der Waals surface area contributed by atoms with E-state index in [0.717, 1.165) is 24.5 Å². The number of fused-ring (bicyclic) bond motifs is 1. The van der Waals surface area contributed by atoms with Crippen molar-refractivity contribution in [2.45, 2.75) is 0 Å². The van der Waals surface area contributed by atoms with Crippen molar-refractivity contribution in [3.05, 3.63) is 29.8 Å². The van der Waals surface area contributed by atoms with Crippen molar-refractivity contribution in [3.63, 3.8) is 0 Å². The summed E-state index contributed by atoms with van der Waals surface area (Å²) in [6, 6.07) is 8.01. The average Bonchev–Trinajstić information content (AvgIpc) is 2.28. The van der Waals surface area contributed by atoms with E-state index >= 15 is 0 Å². The first-order valence-electron chi connectivity index (χ1n) is 3.75. The first kappa shape index (κ1) is 6.40. The number of rotatable bonds is 0. The normalized spacial score (nSPS) is 14.9. The van der Waals surface area contributed by atoms with Crippen molar-refractivity contribution >= 4 is 6.21 Å². The van der Waals surface area contributed by atoms with Gasteiger partial charge in [-0.25, -0.2) is 4.99 Å². The summed E-state index contributed by atoms with van der Waals surface area (Å²) in [7, 11) is 0. The Morgan fingerprint density at radius 2 is 2.18 bits per heavy atom. The molecule has 1 heterocycles. The van der Waals surface area contributed by atoms with Crippen LogP contribution < -0.4 is 9.73 Å². The summed E-state index contributed by atoms with van der Waals surface area (Å²) in [6.45, 7) is 1.63. The first-order valence-corrected chi connectivity index (χ1v) is 3.75. The van der Waals surface area contributed by atoms with Crippen molar-refractivity contribution < 1.29 is 9.73 Å². The van der Waals surface area contributed by atoms with E-state index in [1.807, 2.05) is 30.5 Å². The van der Waals surface area contributed by atoms with Gasteiger partial charge < -0.3 is 4.74 Å². The van der Waals surface area contributed by atoms with Crippen molar-refractivity contribution in [1.82, 2.24) is 0 Å². The lowest BCUT2D eigenvalue weighted by Crippen LogP contribution is -2.69. The molecule has 1 aliphatic heterocycles. The van der Waals surface area contributed by atoms with Crippen molar-refractivity contribution in [1.29, 1.82) is 0 Å². The second-order valence-corrected chi connectivity index (χ2v) is 2.48. The Kier molecular flexibility index (Phi) is 1.60. The molecular weight excluding hydrogens is 138 g/mol. The van der Waals surface area contributed by atoms with Gasteiger partial charge in [0.1, 0.15) is 12.4 Å². The van der Waals surface area contributed by atoms with Gasteiger partial charge in [0, 0.05) is 0 Å². The molecule has 0 radical (unpaired) electrons. The van der Waals surface area contributed by atoms with Crippen LogP contribution in [0.3, 0.4) is 0 Å². The minimum Gasteiger partial charge on any atom is -0.486 e. The molecule has 56 valence electrons. The minimum absolute atomic E-state index is 0.744. The van der Waals surface area contributed by atoms with Crippen molar-refractivity contribution in [2.24, 2.45) is 0 Å². The van der Waals surface area contributed by atoms with Gasteiger partial charge in [0.2, 0.25) is 0 Å². The highest BCUT2D eigenvalue weighted by Crippen LogP contribution is 2.14. The molecule has 2 nitrogen and oxygen atoms in total. The lowest BCUT2D eigenvalue weighted by atomic mass is 10.2. The van der Waals surface area contributed by atoms with Crippen LogP contribution in [-0.2, 0) is 0 Å². The van der Waals surface area contributed by atoms with E-state index in [2.05, 4.69) is 4.99 Å². The lowest BCUT2D eigenvalue weighted by molar-refractivity contribution is -0.452. The summed E-state index contributed by atoms with van der Waals surface area (Å²) >= 11 is 0.